The van der Waals surface area contributed by atoms with E-state index in [9.17, 15) is 9.59 Å². The number of nitrogens with one attached hydrogen (secondary N) is 1. The Balaban J connectivity index is 2.43. The minimum absolute atomic E-state index is 0.0193. The third-order valence-electron chi connectivity index (χ3n) is 2.59. The van der Waals surface area contributed by atoms with Crippen LogP contribution in [0, 0.1) is 0 Å². The molecule has 1 heterocycles. The number of aromatic nitrogens is 3. The number of amides is 1. The molecule has 0 aliphatic heterocycles. The van der Waals surface area contributed by atoms with Crippen LogP contribution in [0.4, 0.5) is 0 Å². The molecule has 19 heavy (non-hydrogen) atoms. The Hall–Kier alpha value is -1.96. The van der Waals surface area contributed by atoms with Gasteiger partial charge >= 0.3 is 5.97 Å². The molecule has 0 saturated heterocycles. The lowest BCUT2D eigenvalue weighted by atomic mass is 10.4. The second-order valence-corrected chi connectivity index (χ2v) is 3.99. The van der Waals surface area contributed by atoms with Crippen LogP contribution in [0.3, 0.4) is 0 Å². The minimum Gasteiger partial charge on any atom is -0.476 e. The highest BCUT2D eigenvalue weighted by atomic mass is 16.4. The molecule has 0 aromatic carbocycles. The summed E-state index contributed by atoms with van der Waals surface area (Å²) in [5.41, 5.74) is -0.0771. The molecule has 0 saturated carbocycles. The summed E-state index contributed by atoms with van der Waals surface area (Å²) >= 11 is 0. The minimum atomic E-state index is -1.10. The van der Waals surface area contributed by atoms with Crippen molar-refractivity contribution < 1.29 is 14.7 Å². The van der Waals surface area contributed by atoms with Gasteiger partial charge in [0, 0.05) is 13.1 Å². The van der Waals surface area contributed by atoms with Crippen molar-refractivity contribution in [1.82, 2.24) is 25.2 Å². The maximum atomic E-state index is 11.5. The second kappa shape index (κ2) is 7.47. The Morgan fingerprint density at radius 3 is 2.74 bits per heavy atom. The Morgan fingerprint density at radius 2 is 2.21 bits per heavy atom. The summed E-state index contributed by atoms with van der Waals surface area (Å²) in [5.74, 6) is -1.12. The van der Waals surface area contributed by atoms with E-state index in [1.54, 1.807) is 0 Å². The predicted molar refractivity (Wildman–Crippen MR) is 67.8 cm³/mol. The van der Waals surface area contributed by atoms with E-state index >= 15 is 0 Å². The molecule has 0 spiro atoms. The van der Waals surface area contributed by atoms with Crippen LogP contribution in [0.2, 0.25) is 0 Å². The van der Waals surface area contributed by atoms with Gasteiger partial charge in [-0.2, -0.15) is 0 Å². The Kier molecular flexibility index (Phi) is 5.94. The fourth-order valence-electron chi connectivity index (χ4n) is 1.55. The second-order valence-electron chi connectivity index (χ2n) is 3.99. The van der Waals surface area contributed by atoms with Gasteiger partial charge in [0.25, 0.3) is 0 Å². The first kappa shape index (κ1) is 15.1. The van der Waals surface area contributed by atoms with Crippen LogP contribution in [0.1, 0.15) is 24.3 Å². The number of hydrogen-bond acceptors (Lipinski definition) is 5. The molecule has 1 rings (SSSR count). The fourth-order valence-corrected chi connectivity index (χ4v) is 1.55. The molecule has 8 heteroatoms. The third kappa shape index (κ3) is 5.04. The standard InChI is InChI=1S/C11H19N5O3/c1-3-12-10(17)8-15(4-2)5-6-16-7-9(11(18)19)13-14-16/h7H,3-6,8H2,1-2H3,(H,12,17)(H,18,19). The lowest BCUT2D eigenvalue weighted by Gasteiger charge is -2.19. The quantitative estimate of drug-likeness (QED) is 0.656. The van der Waals surface area contributed by atoms with Crippen LogP contribution < -0.4 is 5.32 Å². The molecular weight excluding hydrogens is 250 g/mol. The molecular formula is C11H19N5O3. The van der Waals surface area contributed by atoms with Crippen molar-refractivity contribution in [3.05, 3.63) is 11.9 Å². The van der Waals surface area contributed by atoms with E-state index in [0.29, 0.717) is 26.2 Å². The maximum absolute atomic E-state index is 11.5. The lowest BCUT2D eigenvalue weighted by molar-refractivity contribution is -0.122. The Bertz CT molecular complexity index is 432. The molecule has 1 aromatic heterocycles. The summed E-state index contributed by atoms with van der Waals surface area (Å²) in [4.78, 5) is 24.1. The zero-order chi connectivity index (χ0) is 14.3. The summed E-state index contributed by atoms with van der Waals surface area (Å²) in [6.45, 7) is 6.60. The summed E-state index contributed by atoms with van der Waals surface area (Å²) in [6, 6.07) is 0. The summed E-state index contributed by atoms with van der Waals surface area (Å²) in [6.07, 6.45) is 1.38. The maximum Gasteiger partial charge on any atom is 0.358 e. The summed E-state index contributed by atoms with van der Waals surface area (Å²) in [7, 11) is 0. The van der Waals surface area contributed by atoms with E-state index in [4.69, 9.17) is 5.11 Å². The molecule has 0 radical (unpaired) electrons. The monoisotopic (exact) mass is 269 g/mol. The van der Waals surface area contributed by atoms with Gasteiger partial charge < -0.3 is 10.4 Å². The molecule has 0 unspecified atom stereocenters. The number of nitrogens with zero attached hydrogens (tertiary/aromatic N) is 4. The Labute approximate surface area is 111 Å². The molecule has 0 fully saturated rings. The van der Waals surface area contributed by atoms with Crippen molar-refractivity contribution in [1.29, 1.82) is 0 Å². The van der Waals surface area contributed by atoms with Crippen LogP contribution in [0.15, 0.2) is 6.20 Å². The van der Waals surface area contributed by atoms with Gasteiger partial charge in [0.2, 0.25) is 5.91 Å². The van der Waals surface area contributed by atoms with E-state index in [-0.39, 0.29) is 11.6 Å². The first-order chi connectivity index (χ1) is 9.06. The molecule has 8 nitrogen and oxygen atoms in total. The van der Waals surface area contributed by atoms with Gasteiger partial charge in [0.15, 0.2) is 5.69 Å². The zero-order valence-electron chi connectivity index (χ0n) is 11.2. The lowest BCUT2D eigenvalue weighted by Crippen LogP contribution is -2.38. The number of hydrogen-bond donors (Lipinski definition) is 2. The molecule has 0 aliphatic rings. The van der Waals surface area contributed by atoms with Gasteiger partial charge in [-0.3, -0.25) is 14.4 Å². The molecule has 1 amide bonds. The van der Waals surface area contributed by atoms with Gasteiger partial charge in [-0.15, -0.1) is 5.10 Å². The van der Waals surface area contributed by atoms with Gasteiger partial charge in [0.1, 0.15) is 0 Å². The average molecular weight is 269 g/mol. The summed E-state index contributed by atoms with van der Waals surface area (Å²) in [5, 5.41) is 18.7. The number of likely N-dealkylation sites (N-methyl/N-ethyl adjacent to an activating group) is 2. The molecule has 106 valence electrons. The number of aromatic carboxylic acids is 1. The van der Waals surface area contributed by atoms with E-state index in [2.05, 4.69) is 15.6 Å². The van der Waals surface area contributed by atoms with Crippen molar-refractivity contribution in [2.45, 2.75) is 20.4 Å². The molecule has 0 aliphatic carbocycles. The number of rotatable bonds is 8. The van der Waals surface area contributed by atoms with Crippen molar-refractivity contribution >= 4 is 11.9 Å². The zero-order valence-corrected chi connectivity index (χ0v) is 11.2. The third-order valence-corrected chi connectivity index (χ3v) is 2.59. The van der Waals surface area contributed by atoms with Crippen molar-refractivity contribution in [2.75, 3.05) is 26.2 Å². The van der Waals surface area contributed by atoms with Gasteiger partial charge in [-0.1, -0.05) is 12.1 Å². The van der Waals surface area contributed by atoms with Crippen molar-refractivity contribution in [3.8, 4) is 0 Å². The van der Waals surface area contributed by atoms with E-state index in [0.717, 1.165) is 6.54 Å². The number of carboxylic acid groups (broad SMARTS) is 1. The van der Waals surface area contributed by atoms with Crippen LogP contribution in [-0.2, 0) is 11.3 Å². The first-order valence-corrected chi connectivity index (χ1v) is 6.19. The van der Waals surface area contributed by atoms with Gasteiger partial charge in [0.05, 0.1) is 19.3 Å². The predicted octanol–water partition coefficient (Wildman–Crippen LogP) is -0.566. The summed E-state index contributed by atoms with van der Waals surface area (Å²) < 4.78 is 1.46. The largest absolute Gasteiger partial charge is 0.476 e. The van der Waals surface area contributed by atoms with E-state index in [1.165, 1.54) is 10.9 Å². The highest BCUT2D eigenvalue weighted by Crippen LogP contribution is 1.95. The molecule has 1 aromatic rings. The van der Waals surface area contributed by atoms with Crippen LogP contribution >= 0.6 is 0 Å². The number of carboxylic acids is 1. The SMILES string of the molecule is CCNC(=O)CN(CC)CCn1cc(C(=O)O)nn1. The van der Waals surface area contributed by atoms with E-state index < -0.39 is 5.97 Å². The van der Waals surface area contributed by atoms with Crippen LogP contribution in [-0.4, -0.2) is 63.1 Å². The van der Waals surface area contributed by atoms with Gasteiger partial charge in [-0.25, -0.2) is 4.79 Å². The number of carbonyl (C=O) groups is 2. The van der Waals surface area contributed by atoms with Crippen molar-refractivity contribution in [3.63, 3.8) is 0 Å². The highest BCUT2D eigenvalue weighted by molar-refractivity contribution is 5.84. The van der Waals surface area contributed by atoms with Gasteiger partial charge in [-0.05, 0) is 13.5 Å². The molecule has 2 N–H and O–H groups in total. The smallest absolute Gasteiger partial charge is 0.358 e. The average Bonchev–Trinajstić information content (AvgIpc) is 2.83. The fraction of sp³-hybridized carbons (Fsp3) is 0.636. The van der Waals surface area contributed by atoms with E-state index in [1.807, 2.05) is 18.7 Å². The van der Waals surface area contributed by atoms with Crippen molar-refractivity contribution in [2.24, 2.45) is 0 Å². The number of carbonyl (C=O) groups excluding carboxylic acids is 1. The normalized spacial score (nSPS) is 10.7. The first-order valence-electron chi connectivity index (χ1n) is 6.19. The molecule has 0 atom stereocenters. The topological polar surface area (TPSA) is 100 Å². The van der Waals surface area contributed by atoms with Crippen LogP contribution in [0.25, 0.3) is 0 Å². The Morgan fingerprint density at radius 1 is 1.47 bits per heavy atom. The molecule has 0 bridgehead atoms. The highest BCUT2D eigenvalue weighted by Gasteiger charge is 2.11. The van der Waals surface area contributed by atoms with Crippen LogP contribution in [0.5, 0.6) is 0 Å².